The quantitative estimate of drug-likeness (QED) is 0.498. The first-order valence-corrected chi connectivity index (χ1v) is 11.1. The fourth-order valence-electron chi connectivity index (χ4n) is 4.19. The van der Waals surface area contributed by atoms with Gasteiger partial charge in [0.1, 0.15) is 11.6 Å². The predicted molar refractivity (Wildman–Crippen MR) is 121 cm³/mol. The average molecular weight is 408 g/mol. The highest BCUT2D eigenvalue weighted by Crippen LogP contribution is 2.26. The van der Waals surface area contributed by atoms with Crippen LogP contribution in [0.15, 0.2) is 42.5 Å². The molecule has 3 aromatic rings. The van der Waals surface area contributed by atoms with Crippen molar-refractivity contribution in [2.75, 3.05) is 32.9 Å². The second-order valence-electron chi connectivity index (χ2n) is 8.26. The predicted octanol–water partition coefficient (Wildman–Crippen LogP) is 4.91. The van der Waals surface area contributed by atoms with Crippen LogP contribution in [-0.2, 0) is 11.3 Å². The molecule has 2 aromatic carbocycles. The number of morpholine rings is 1. The second kappa shape index (κ2) is 9.63. The first kappa shape index (κ1) is 20.9. The Labute approximate surface area is 179 Å². The van der Waals surface area contributed by atoms with E-state index in [1.165, 1.54) is 16.6 Å². The molecule has 30 heavy (non-hydrogen) atoms. The largest absolute Gasteiger partial charge is 0.493 e. The van der Waals surface area contributed by atoms with E-state index in [-0.39, 0.29) is 6.04 Å². The highest BCUT2D eigenvalue weighted by atomic mass is 16.5. The summed E-state index contributed by atoms with van der Waals surface area (Å²) in [6.45, 7) is 11.7. The number of hydrogen-bond donors (Lipinski definition) is 0. The van der Waals surface area contributed by atoms with Crippen LogP contribution < -0.4 is 4.74 Å². The van der Waals surface area contributed by atoms with E-state index in [1.807, 2.05) is 0 Å². The Kier molecular flexibility index (Phi) is 6.70. The summed E-state index contributed by atoms with van der Waals surface area (Å²) in [5.41, 5.74) is 4.74. The molecule has 1 aromatic heterocycles. The van der Waals surface area contributed by atoms with Crippen molar-refractivity contribution in [3.05, 3.63) is 59.4 Å². The number of ether oxygens (including phenoxy) is 2. The molecule has 4 rings (SSSR count). The van der Waals surface area contributed by atoms with E-state index < -0.39 is 0 Å². The van der Waals surface area contributed by atoms with E-state index in [4.69, 9.17) is 14.5 Å². The van der Waals surface area contributed by atoms with Crippen LogP contribution in [0.25, 0.3) is 11.0 Å². The summed E-state index contributed by atoms with van der Waals surface area (Å²) in [5, 5.41) is 0. The molecule has 1 fully saturated rings. The second-order valence-corrected chi connectivity index (χ2v) is 8.26. The number of rotatable bonds is 8. The van der Waals surface area contributed by atoms with Gasteiger partial charge in [0.15, 0.2) is 0 Å². The Morgan fingerprint density at radius 2 is 1.87 bits per heavy atom. The van der Waals surface area contributed by atoms with Gasteiger partial charge in [-0.05, 0) is 62.9 Å². The smallest absolute Gasteiger partial charge is 0.127 e. The standard InChI is InChI=1S/C25H33N3O2/c1-19-10-11-20(2)24(18-19)30-15-7-6-12-28-23-9-5-4-8-22(23)26-25(28)21(3)27-13-16-29-17-14-27/h4-5,8-11,18,21H,6-7,12-17H2,1-3H3. The molecule has 1 aliphatic heterocycles. The van der Waals surface area contributed by atoms with E-state index in [1.54, 1.807) is 0 Å². The van der Waals surface area contributed by atoms with Crippen LogP contribution in [0, 0.1) is 13.8 Å². The van der Waals surface area contributed by atoms with Gasteiger partial charge in [-0.25, -0.2) is 4.98 Å². The van der Waals surface area contributed by atoms with Crippen molar-refractivity contribution >= 4 is 11.0 Å². The molecule has 0 bridgehead atoms. The molecule has 0 saturated carbocycles. The Balaban J connectivity index is 1.42. The Morgan fingerprint density at radius 3 is 2.70 bits per heavy atom. The van der Waals surface area contributed by atoms with Crippen molar-refractivity contribution in [3.8, 4) is 5.75 Å². The molecule has 2 heterocycles. The van der Waals surface area contributed by atoms with Crippen molar-refractivity contribution in [1.82, 2.24) is 14.5 Å². The van der Waals surface area contributed by atoms with Gasteiger partial charge in [-0.15, -0.1) is 0 Å². The third-order valence-corrected chi connectivity index (χ3v) is 6.03. The Morgan fingerprint density at radius 1 is 1.07 bits per heavy atom. The number of aryl methyl sites for hydroxylation is 3. The van der Waals surface area contributed by atoms with Crippen LogP contribution in [0.3, 0.4) is 0 Å². The first-order chi connectivity index (χ1) is 14.6. The van der Waals surface area contributed by atoms with Crippen LogP contribution in [0.1, 0.15) is 42.8 Å². The maximum absolute atomic E-state index is 6.05. The van der Waals surface area contributed by atoms with Crippen molar-refractivity contribution < 1.29 is 9.47 Å². The number of fused-ring (bicyclic) bond motifs is 1. The zero-order valence-corrected chi connectivity index (χ0v) is 18.4. The van der Waals surface area contributed by atoms with Gasteiger partial charge in [-0.1, -0.05) is 24.3 Å². The molecule has 1 aliphatic rings. The minimum atomic E-state index is 0.285. The van der Waals surface area contributed by atoms with Crippen LogP contribution in [0.2, 0.25) is 0 Å². The van der Waals surface area contributed by atoms with Gasteiger partial charge < -0.3 is 14.0 Å². The number of nitrogens with zero attached hydrogens (tertiary/aromatic N) is 3. The normalized spacial score (nSPS) is 16.1. The van der Waals surface area contributed by atoms with Gasteiger partial charge in [0, 0.05) is 19.6 Å². The number of unbranched alkanes of at least 4 members (excludes halogenated alkanes) is 1. The summed E-state index contributed by atoms with van der Waals surface area (Å²) >= 11 is 0. The lowest BCUT2D eigenvalue weighted by Gasteiger charge is -2.32. The summed E-state index contributed by atoms with van der Waals surface area (Å²) in [6.07, 6.45) is 2.08. The molecule has 1 atom stereocenters. The summed E-state index contributed by atoms with van der Waals surface area (Å²) < 4.78 is 14.0. The number of aromatic nitrogens is 2. The summed E-state index contributed by atoms with van der Waals surface area (Å²) in [7, 11) is 0. The van der Waals surface area contributed by atoms with Crippen molar-refractivity contribution in [2.45, 2.75) is 46.2 Å². The lowest BCUT2D eigenvalue weighted by Crippen LogP contribution is -2.39. The average Bonchev–Trinajstić information content (AvgIpc) is 3.14. The van der Waals surface area contributed by atoms with E-state index in [9.17, 15) is 0 Å². The van der Waals surface area contributed by atoms with Crippen molar-refractivity contribution in [2.24, 2.45) is 0 Å². The van der Waals surface area contributed by atoms with Gasteiger partial charge in [-0.2, -0.15) is 0 Å². The molecular formula is C25H33N3O2. The number of benzene rings is 2. The van der Waals surface area contributed by atoms with Crippen molar-refractivity contribution in [1.29, 1.82) is 0 Å². The van der Waals surface area contributed by atoms with Gasteiger partial charge >= 0.3 is 0 Å². The van der Waals surface area contributed by atoms with Crippen LogP contribution in [0.5, 0.6) is 5.75 Å². The highest BCUT2D eigenvalue weighted by molar-refractivity contribution is 5.76. The third kappa shape index (κ3) is 4.68. The van der Waals surface area contributed by atoms with Gasteiger partial charge in [-0.3, -0.25) is 4.90 Å². The zero-order chi connectivity index (χ0) is 20.9. The van der Waals surface area contributed by atoms with Gasteiger partial charge in [0.05, 0.1) is 36.9 Å². The van der Waals surface area contributed by atoms with Crippen LogP contribution in [0.4, 0.5) is 0 Å². The van der Waals surface area contributed by atoms with E-state index in [2.05, 4.69) is 72.7 Å². The van der Waals surface area contributed by atoms with E-state index in [0.717, 1.165) is 69.4 Å². The summed E-state index contributed by atoms with van der Waals surface area (Å²) in [5.74, 6) is 2.17. The number of para-hydroxylation sites is 2. The topological polar surface area (TPSA) is 39.5 Å². The molecule has 160 valence electrons. The molecule has 5 nitrogen and oxygen atoms in total. The summed E-state index contributed by atoms with van der Waals surface area (Å²) in [4.78, 5) is 7.48. The fraction of sp³-hybridized carbons (Fsp3) is 0.480. The maximum Gasteiger partial charge on any atom is 0.127 e. The molecule has 0 spiro atoms. The fourth-order valence-corrected chi connectivity index (χ4v) is 4.19. The lowest BCUT2D eigenvalue weighted by molar-refractivity contribution is 0.0176. The maximum atomic E-state index is 6.05. The molecule has 0 radical (unpaired) electrons. The zero-order valence-electron chi connectivity index (χ0n) is 18.4. The van der Waals surface area contributed by atoms with E-state index in [0.29, 0.717) is 0 Å². The SMILES string of the molecule is Cc1ccc(C)c(OCCCCn2c(C(C)N3CCOCC3)nc3ccccc32)c1. The van der Waals surface area contributed by atoms with Crippen molar-refractivity contribution in [3.63, 3.8) is 0 Å². The van der Waals surface area contributed by atoms with Gasteiger partial charge in [0.2, 0.25) is 0 Å². The highest BCUT2D eigenvalue weighted by Gasteiger charge is 2.23. The molecule has 0 amide bonds. The van der Waals surface area contributed by atoms with Crippen LogP contribution in [-0.4, -0.2) is 47.4 Å². The number of imidazole rings is 1. The molecule has 0 aliphatic carbocycles. The third-order valence-electron chi connectivity index (χ3n) is 6.03. The monoisotopic (exact) mass is 407 g/mol. The molecule has 5 heteroatoms. The van der Waals surface area contributed by atoms with Gasteiger partial charge in [0.25, 0.3) is 0 Å². The Hall–Kier alpha value is -2.37. The minimum absolute atomic E-state index is 0.285. The molecular weight excluding hydrogens is 374 g/mol. The number of hydrogen-bond acceptors (Lipinski definition) is 4. The lowest BCUT2D eigenvalue weighted by atomic mass is 10.1. The minimum Gasteiger partial charge on any atom is -0.493 e. The Bertz CT molecular complexity index is 976. The first-order valence-electron chi connectivity index (χ1n) is 11.1. The van der Waals surface area contributed by atoms with Crippen LogP contribution >= 0.6 is 0 Å². The summed E-state index contributed by atoms with van der Waals surface area (Å²) in [6, 6.07) is 15.1. The molecule has 1 saturated heterocycles. The molecule has 0 N–H and O–H groups in total. The van der Waals surface area contributed by atoms with E-state index >= 15 is 0 Å². The molecule has 1 unspecified atom stereocenters.